The van der Waals surface area contributed by atoms with Gasteiger partial charge in [0.05, 0.1) is 22.3 Å². The van der Waals surface area contributed by atoms with E-state index in [4.69, 9.17) is 10.2 Å². The second-order valence-electron chi connectivity index (χ2n) is 7.75. The van der Waals surface area contributed by atoms with E-state index in [1.807, 2.05) is 22.9 Å². The van der Waals surface area contributed by atoms with Crippen molar-refractivity contribution >= 4 is 35.1 Å². The Morgan fingerprint density at radius 1 is 1.19 bits per heavy atom. The minimum atomic E-state index is -1.22. The van der Waals surface area contributed by atoms with E-state index < -0.39 is 24.3 Å². The molecule has 2 N–H and O–H groups in total. The molecule has 0 aliphatic heterocycles. The second-order valence-corrected chi connectivity index (χ2v) is 8.58. The highest BCUT2D eigenvalue weighted by atomic mass is 32.2. The number of carboxylic acid groups (broad SMARTS) is 1. The van der Waals surface area contributed by atoms with Gasteiger partial charge >= 0.3 is 5.97 Å². The van der Waals surface area contributed by atoms with Crippen LogP contribution in [0, 0.1) is 5.82 Å². The number of halogens is 1. The fourth-order valence-corrected chi connectivity index (χ4v) is 4.15. The quantitative estimate of drug-likeness (QED) is 0.355. The number of ketones is 1. The number of hydrogen-bond donors (Lipinski definition) is 2. The zero-order valence-corrected chi connectivity index (χ0v) is 18.9. The number of benzene rings is 1. The molecule has 6 nitrogen and oxygen atoms in total. The molecule has 3 rings (SSSR count). The molecule has 0 saturated carbocycles. The summed E-state index contributed by atoms with van der Waals surface area (Å²) >= 11 is 1.56. The number of carboxylic acids is 1. The minimum absolute atomic E-state index is 0.106. The van der Waals surface area contributed by atoms with Gasteiger partial charge in [0.1, 0.15) is 18.0 Å². The van der Waals surface area contributed by atoms with Crippen molar-refractivity contribution in [3.63, 3.8) is 0 Å². The van der Waals surface area contributed by atoms with E-state index in [9.17, 15) is 19.1 Å². The molecule has 0 aliphatic carbocycles. The third-order valence-electron chi connectivity index (χ3n) is 5.02. The number of aliphatic hydroxyl groups is 1. The normalized spacial score (nSPS) is 12.7. The van der Waals surface area contributed by atoms with Gasteiger partial charge in [-0.25, -0.2) is 8.91 Å². The third-order valence-corrected chi connectivity index (χ3v) is 5.74. The van der Waals surface area contributed by atoms with Crippen molar-refractivity contribution in [1.82, 2.24) is 9.61 Å². The Morgan fingerprint density at radius 2 is 1.88 bits per heavy atom. The Bertz CT molecular complexity index is 1170. The van der Waals surface area contributed by atoms with Crippen LogP contribution in [-0.2, 0) is 9.59 Å². The molecule has 3 aromatic rings. The van der Waals surface area contributed by atoms with Gasteiger partial charge in [0, 0.05) is 17.5 Å². The van der Waals surface area contributed by atoms with E-state index in [0.717, 1.165) is 21.7 Å². The highest BCUT2D eigenvalue weighted by molar-refractivity contribution is 7.98. The average molecular weight is 457 g/mol. The Balaban J connectivity index is 2.14. The molecule has 0 fully saturated rings. The van der Waals surface area contributed by atoms with E-state index >= 15 is 0 Å². The highest BCUT2D eigenvalue weighted by Crippen LogP contribution is 2.35. The molecule has 2 aromatic heterocycles. The molecule has 1 atom stereocenters. The number of thioether (sulfide) groups is 1. The lowest BCUT2D eigenvalue weighted by atomic mass is 9.93. The summed E-state index contributed by atoms with van der Waals surface area (Å²) in [6, 6.07) is 10.0. The van der Waals surface area contributed by atoms with Crippen LogP contribution >= 0.6 is 11.8 Å². The predicted molar refractivity (Wildman–Crippen MR) is 123 cm³/mol. The Kier molecular flexibility index (Phi) is 7.48. The lowest BCUT2D eigenvalue weighted by Gasteiger charge is -2.18. The van der Waals surface area contributed by atoms with Crippen molar-refractivity contribution in [3.05, 3.63) is 59.4 Å². The number of nitrogens with zero attached hydrogens (tertiary/aromatic N) is 2. The molecular formula is C24H25FN2O4S. The number of fused-ring (bicyclic) bond motifs is 1. The van der Waals surface area contributed by atoms with Crippen molar-refractivity contribution in [2.75, 3.05) is 6.26 Å². The molecular weight excluding hydrogens is 431 g/mol. The first-order valence-corrected chi connectivity index (χ1v) is 11.4. The number of aliphatic hydroxyl groups excluding tert-OH is 1. The van der Waals surface area contributed by atoms with Crippen molar-refractivity contribution < 1.29 is 24.2 Å². The van der Waals surface area contributed by atoms with Crippen molar-refractivity contribution in [2.45, 2.75) is 43.7 Å². The number of aliphatic carboxylic acids is 1. The zero-order valence-electron chi connectivity index (χ0n) is 18.1. The predicted octanol–water partition coefficient (Wildman–Crippen LogP) is 4.79. The van der Waals surface area contributed by atoms with Crippen LogP contribution in [0.1, 0.15) is 43.7 Å². The summed E-state index contributed by atoms with van der Waals surface area (Å²) in [6.07, 6.45) is 3.11. The van der Waals surface area contributed by atoms with Crippen LogP contribution in [-0.4, -0.2) is 43.9 Å². The van der Waals surface area contributed by atoms with Gasteiger partial charge in [-0.2, -0.15) is 5.10 Å². The minimum Gasteiger partial charge on any atom is -0.481 e. The lowest BCUT2D eigenvalue weighted by Crippen LogP contribution is -2.14. The molecule has 8 heteroatoms. The van der Waals surface area contributed by atoms with Crippen LogP contribution in [0.25, 0.3) is 22.9 Å². The molecule has 0 saturated heterocycles. The average Bonchev–Trinajstić information content (AvgIpc) is 3.13. The highest BCUT2D eigenvalue weighted by Gasteiger charge is 2.20. The van der Waals surface area contributed by atoms with Crippen LogP contribution in [0.4, 0.5) is 4.39 Å². The number of rotatable bonds is 9. The maximum absolute atomic E-state index is 13.5. The van der Waals surface area contributed by atoms with E-state index in [1.165, 1.54) is 18.2 Å². The van der Waals surface area contributed by atoms with Crippen molar-refractivity contribution in [2.24, 2.45) is 0 Å². The molecule has 32 heavy (non-hydrogen) atoms. The maximum Gasteiger partial charge on any atom is 0.310 e. The monoisotopic (exact) mass is 456 g/mol. The van der Waals surface area contributed by atoms with Crippen LogP contribution in [0.3, 0.4) is 0 Å². The zero-order chi connectivity index (χ0) is 23.4. The van der Waals surface area contributed by atoms with Crippen molar-refractivity contribution in [1.29, 1.82) is 0 Å². The van der Waals surface area contributed by atoms with Gasteiger partial charge in [-0.1, -0.05) is 26.0 Å². The first-order valence-electron chi connectivity index (χ1n) is 10.2. The summed E-state index contributed by atoms with van der Waals surface area (Å²) in [5.74, 6) is -2.02. The number of Topliss-reactive ketones (excluding diaryl/α,β-unsaturated/α-hetero) is 1. The Hall–Kier alpha value is -2.97. The molecule has 0 aliphatic rings. The molecule has 1 unspecified atom stereocenters. The summed E-state index contributed by atoms with van der Waals surface area (Å²) < 4.78 is 15.4. The third kappa shape index (κ3) is 5.26. The van der Waals surface area contributed by atoms with Crippen LogP contribution in [0.5, 0.6) is 0 Å². The van der Waals surface area contributed by atoms with Gasteiger partial charge in [0.2, 0.25) is 0 Å². The van der Waals surface area contributed by atoms with E-state index in [1.54, 1.807) is 30.0 Å². The van der Waals surface area contributed by atoms with Gasteiger partial charge < -0.3 is 10.2 Å². The van der Waals surface area contributed by atoms with Gasteiger partial charge in [-0.15, -0.1) is 11.8 Å². The fraction of sp³-hybridized carbons (Fsp3) is 0.292. The van der Waals surface area contributed by atoms with E-state index in [-0.39, 0.29) is 18.2 Å². The number of aromatic nitrogens is 2. The number of carbonyl (C=O) groups is 2. The summed E-state index contributed by atoms with van der Waals surface area (Å²) in [5.41, 5.74) is 4.01. The largest absolute Gasteiger partial charge is 0.481 e. The standard InChI is InChI=1S/C24H25FN2O4S/c1-14(2)23-19(9-8-17(28)12-18(29)13-22(30)31)24(15-4-6-16(25)7-5-15)26-27-20(23)10-11-21(27)32-3/h4-11,14,17,28H,12-13H2,1-3H3,(H,30,31)/b9-8+. The SMILES string of the molecule is CSc1ccc2c(C(C)C)c(/C=C/C(O)CC(=O)CC(=O)O)c(-c3ccc(F)cc3)nn12. The Morgan fingerprint density at radius 3 is 2.47 bits per heavy atom. The maximum atomic E-state index is 13.5. The molecule has 0 bridgehead atoms. The Labute approximate surface area is 189 Å². The number of carbonyl (C=O) groups excluding carboxylic acids is 1. The van der Waals surface area contributed by atoms with Gasteiger partial charge in [-0.05, 0) is 54.1 Å². The van der Waals surface area contributed by atoms with Gasteiger partial charge in [0.15, 0.2) is 0 Å². The second kappa shape index (κ2) is 10.1. The summed E-state index contributed by atoms with van der Waals surface area (Å²) in [4.78, 5) is 22.5. The first kappa shape index (κ1) is 23.7. The van der Waals surface area contributed by atoms with Gasteiger partial charge in [0.25, 0.3) is 0 Å². The van der Waals surface area contributed by atoms with E-state index in [0.29, 0.717) is 11.3 Å². The van der Waals surface area contributed by atoms with E-state index in [2.05, 4.69) is 13.8 Å². The molecule has 0 radical (unpaired) electrons. The van der Waals surface area contributed by atoms with Crippen LogP contribution in [0.15, 0.2) is 47.5 Å². The molecule has 168 valence electrons. The van der Waals surface area contributed by atoms with Crippen LogP contribution in [0.2, 0.25) is 0 Å². The summed E-state index contributed by atoms with van der Waals surface area (Å²) in [5, 5.41) is 24.8. The van der Waals surface area contributed by atoms with Crippen molar-refractivity contribution in [3.8, 4) is 11.3 Å². The van der Waals surface area contributed by atoms with Gasteiger partial charge in [-0.3, -0.25) is 9.59 Å². The number of hydrogen-bond acceptors (Lipinski definition) is 5. The molecule has 2 heterocycles. The molecule has 0 amide bonds. The topological polar surface area (TPSA) is 91.9 Å². The van der Waals surface area contributed by atoms with Crippen LogP contribution < -0.4 is 0 Å². The summed E-state index contributed by atoms with van der Waals surface area (Å²) in [6.45, 7) is 4.11. The summed E-state index contributed by atoms with van der Waals surface area (Å²) in [7, 11) is 0. The molecule has 1 aromatic carbocycles. The smallest absolute Gasteiger partial charge is 0.310 e. The lowest BCUT2D eigenvalue weighted by molar-refractivity contribution is -0.140. The fourth-order valence-electron chi connectivity index (χ4n) is 3.64. The first-order chi connectivity index (χ1) is 15.2. The molecule has 0 spiro atoms.